The molecule has 1 saturated heterocycles. The Morgan fingerprint density at radius 1 is 1.20 bits per heavy atom. The lowest BCUT2D eigenvalue weighted by molar-refractivity contribution is -0.173. The molecule has 41 heavy (non-hydrogen) atoms. The summed E-state index contributed by atoms with van der Waals surface area (Å²) in [6.45, 7) is 6.83. The standard InChI is InChI=1S/C28H36N4O8S/c1-14-21(20-11-31-13-30-19(26(31)41-20)10-29-16(3)34)24(32-23(14)22(15(2)33)25(32)35)27(36)39-17(4)40-28(37)38-12-18-8-6-5-7-9-18/h11,13-15,17-18,22-23,33H,5-10,12H2,1-4H3,(H,29,34)/t14-,15+,17?,22+,23+/m0/s1. The Morgan fingerprint density at radius 2 is 1.93 bits per heavy atom. The van der Waals surface area contributed by atoms with Gasteiger partial charge in [0.25, 0.3) is 0 Å². The number of carbonyl (C=O) groups excluding carboxylic acids is 4. The number of aromatic nitrogens is 2. The smallest absolute Gasteiger partial charge is 0.434 e. The van der Waals surface area contributed by atoms with E-state index in [4.69, 9.17) is 14.2 Å². The van der Waals surface area contributed by atoms with Crippen LogP contribution in [0.5, 0.6) is 0 Å². The molecule has 1 aliphatic carbocycles. The van der Waals surface area contributed by atoms with Gasteiger partial charge in [0.15, 0.2) is 0 Å². The largest absolute Gasteiger partial charge is 0.511 e. The van der Waals surface area contributed by atoms with E-state index in [1.807, 2.05) is 13.1 Å². The van der Waals surface area contributed by atoms with E-state index in [9.17, 15) is 24.3 Å². The third-order valence-corrected chi connectivity index (χ3v) is 9.30. The quantitative estimate of drug-likeness (QED) is 0.256. The molecule has 5 rings (SSSR count). The van der Waals surface area contributed by atoms with Crippen molar-refractivity contribution < 1.29 is 38.5 Å². The van der Waals surface area contributed by atoms with Crippen LogP contribution in [-0.4, -0.2) is 68.4 Å². The first-order valence-corrected chi connectivity index (χ1v) is 14.9. The molecule has 2 amide bonds. The van der Waals surface area contributed by atoms with E-state index in [-0.39, 0.29) is 36.6 Å². The zero-order valence-corrected chi connectivity index (χ0v) is 24.4. The summed E-state index contributed by atoms with van der Waals surface area (Å²) in [6, 6.07) is -0.421. The van der Waals surface area contributed by atoms with E-state index in [0.29, 0.717) is 17.2 Å². The summed E-state index contributed by atoms with van der Waals surface area (Å²) >= 11 is 1.37. The number of nitrogens with one attached hydrogen (secondary N) is 1. The van der Waals surface area contributed by atoms with Crippen molar-refractivity contribution in [1.82, 2.24) is 19.6 Å². The summed E-state index contributed by atoms with van der Waals surface area (Å²) in [5.74, 6) is -1.99. The van der Waals surface area contributed by atoms with Crippen LogP contribution in [0.15, 0.2) is 18.2 Å². The third-order valence-electron chi connectivity index (χ3n) is 8.11. The van der Waals surface area contributed by atoms with Crippen LogP contribution in [0.3, 0.4) is 0 Å². The Morgan fingerprint density at radius 3 is 2.61 bits per heavy atom. The fraction of sp³-hybridized carbons (Fsp3) is 0.607. The van der Waals surface area contributed by atoms with Crippen molar-refractivity contribution in [2.45, 2.75) is 84.8 Å². The van der Waals surface area contributed by atoms with Crippen LogP contribution in [0.4, 0.5) is 4.79 Å². The first-order valence-electron chi connectivity index (χ1n) is 14.1. The maximum atomic E-state index is 13.6. The fourth-order valence-electron chi connectivity index (χ4n) is 6.13. The highest BCUT2D eigenvalue weighted by Crippen LogP contribution is 2.52. The number of aliphatic hydroxyl groups is 1. The minimum Gasteiger partial charge on any atom is -0.434 e. The van der Waals surface area contributed by atoms with Crippen LogP contribution in [0.2, 0.25) is 0 Å². The minimum atomic E-state index is -1.25. The number of rotatable bonds is 9. The van der Waals surface area contributed by atoms with Crippen molar-refractivity contribution in [2.75, 3.05) is 6.61 Å². The van der Waals surface area contributed by atoms with Crippen molar-refractivity contribution >= 4 is 45.7 Å². The Labute approximate surface area is 241 Å². The Hall–Kier alpha value is -3.45. The van der Waals surface area contributed by atoms with E-state index in [1.165, 1.54) is 36.5 Å². The number of fused-ring (bicyclic) bond motifs is 2. The summed E-state index contributed by atoms with van der Waals surface area (Å²) in [5.41, 5.74) is 1.33. The number of ether oxygens (including phenoxy) is 3. The van der Waals surface area contributed by atoms with Crippen LogP contribution in [0.1, 0.15) is 70.4 Å². The molecule has 0 bridgehead atoms. The molecule has 2 aliphatic heterocycles. The van der Waals surface area contributed by atoms with Gasteiger partial charge in [0.05, 0.1) is 41.8 Å². The van der Waals surface area contributed by atoms with Gasteiger partial charge in [-0.25, -0.2) is 14.6 Å². The van der Waals surface area contributed by atoms with Gasteiger partial charge in [0, 0.05) is 31.5 Å². The zero-order chi connectivity index (χ0) is 29.4. The second-order valence-electron chi connectivity index (χ2n) is 11.1. The molecule has 0 spiro atoms. The molecule has 13 heteroatoms. The molecule has 2 fully saturated rings. The topological polar surface area (TPSA) is 149 Å². The van der Waals surface area contributed by atoms with E-state index in [2.05, 4.69) is 10.3 Å². The summed E-state index contributed by atoms with van der Waals surface area (Å²) in [7, 11) is 0. The van der Waals surface area contributed by atoms with E-state index in [1.54, 1.807) is 17.7 Å². The maximum Gasteiger partial charge on any atom is 0.511 e. The summed E-state index contributed by atoms with van der Waals surface area (Å²) < 4.78 is 17.7. The molecule has 0 aromatic carbocycles. The summed E-state index contributed by atoms with van der Waals surface area (Å²) in [6.07, 6.45) is 5.83. The lowest BCUT2D eigenvalue weighted by Gasteiger charge is -2.46. The van der Waals surface area contributed by atoms with Gasteiger partial charge in [0.2, 0.25) is 18.1 Å². The van der Waals surface area contributed by atoms with Gasteiger partial charge in [0.1, 0.15) is 16.9 Å². The molecule has 2 aromatic rings. The highest BCUT2D eigenvalue weighted by atomic mass is 32.1. The predicted octanol–water partition coefficient (Wildman–Crippen LogP) is 3.22. The molecular formula is C28H36N4O8S. The fourth-order valence-corrected chi connectivity index (χ4v) is 7.34. The molecule has 2 N–H and O–H groups in total. The van der Waals surface area contributed by atoms with Crippen molar-refractivity contribution in [3.05, 3.63) is 28.8 Å². The number of imidazole rings is 1. The highest BCUT2D eigenvalue weighted by Gasteiger charge is 2.60. The number of amides is 2. The molecule has 0 radical (unpaired) electrons. The van der Waals surface area contributed by atoms with Crippen LogP contribution < -0.4 is 5.32 Å². The Bertz CT molecular complexity index is 1370. The van der Waals surface area contributed by atoms with Gasteiger partial charge in [-0.15, -0.1) is 11.3 Å². The van der Waals surface area contributed by atoms with Gasteiger partial charge < -0.3 is 29.5 Å². The Balaban J connectivity index is 1.36. The number of β-lactam (4-membered cyclic amide) rings is 1. The normalized spacial score (nSPS) is 24.1. The molecule has 2 aromatic heterocycles. The van der Waals surface area contributed by atoms with Crippen LogP contribution in [0.25, 0.3) is 10.4 Å². The molecule has 12 nitrogen and oxygen atoms in total. The molecule has 3 aliphatic rings. The number of esters is 1. The number of thiazole rings is 1. The number of aliphatic hydroxyl groups excluding tert-OH is 1. The van der Waals surface area contributed by atoms with Gasteiger partial charge in [-0.2, -0.15) is 0 Å². The first kappa shape index (κ1) is 29.1. The van der Waals surface area contributed by atoms with Crippen LogP contribution in [0, 0.1) is 17.8 Å². The van der Waals surface area contributed by atoms with Crippen molar-refractivity contribution in [3.8, 4) is 0 Å². The van der Waals surface area contributed by atoms with Crippen molar-refractivity contribution in [1.29, 1.82) is 0 Å². The van der Waals surface area contributed by atoms with Crippen LogP contribution in [-0.2, 0) is 35.1 Å². The van der Waals surface area contributed by atoms with Gasteiger partial charge in [-0.1, -0.05) is 26.2 Å². The molecule has 1 saturated carbocycles. The molecular weight excluding hydrogens is 552 g/mol. The number of hydrogen-bond acceptors (Lipinski definition) is 10. The summed E-state index contributed by atoms with van der Waals surface area (Å²) in [5, 5.41) is 13.0. The average molecular weight is 589 g/mol. The SMILES string of the molecule is CC(=O)NCc1ncn2cc(C3=C(C(=O)OC(C)OC(=O)OCC4CCCCC4)N4C(=O)[C@H]([C@@H](C)O)[C@H]4[C@H]3C)sc12. The zero-order valence-electron chi connectivity index (χ0n) is 23.6. The lowest BCUT2D eigenvalue weighted by Crippen LogP contribution is -2.63. The monoisotopic (exact) mass is 588 g/mol. The molecule has 5 atom stereocenters. The number of carbonyl (C=O) groups is 4. The van der Waals surface area contributed by atoms with E-state index in [0.717, 1.165) is 35.4 Å². The predicted molar refractivity (Wildman–Crippen MR) is 147 cm³/mol. The molecule has 1 unspecified atom stereocenters. The van der Waals surface area contributed by atoms with Crippen molar-refractivity contribution in [3.63, 3.8) is 0 Å². The molecule has 222 valence electrons. The third kappa shape index (κ3) is 5.69. The van der Waals surface area contributed by atoms with Gasteiger partial charge >= 0.3 is 12.1 Å². The van der Waals surface area contributed by atoms with Gasteiger partial charge in [-0.05, 0) is 25.7 Å². The lowest BCUT2D eigenvalue weighted by atomic mass is 9.77. The number of hydrogen-bond donors (Lipinski definition) is 2. The second-order valence-corrected chi connectivity index (χ2v) is 12.1. The van der Waals surface area contributed by atoms with E-state index >= 15 is 0 Å². The van der Waals surface area contributed by atoms with Gasteiger partial charge in [-0.3, -0.25) is 14.0 Å². The van der Waals surface area contributed by atoms with E-state index < -0.39 is 36.5 Å². The molecule has 4 heterocycles. The number of nitrogens with zero attached hydrogens (tertiary/aromatic N) is 3. The van der Waals surface area contributed by atoms with Crippen LogP contribution >= 0.6 is 11.3 Å². The second kappa shape index (κ2) is 11.8. The highest BCUT2D eigenvalue weighted by molar-refractivity contribution is 7.18. The van der Waals surface area contributed by atoms with Crippen molar-refractivity contribution in [2.24, 2.45) is 17.8 Å². The first-order chi connectivity index (χ1) is 19.6. The maximum absolute atomic E-state index is 13.6. The Kier molecular flexibility index (Phi) is 8.37. The summed E-state index contributed by atoms with van der Waals surface area (Å²) in [4.78, 5) is 57.6. The average Bonchev–Trinajstić information content (AvgIpc) is 3.56. The minimum absolute atomic E-state index is 0.0660.